The van der Waals surface area contributed by atoms with Crippen LogP contribution in [-0.4, -0.2) is 15.0 Å². The van der Waals surface area contributed by atoms with Gasteiger partial charge in [-0.2, -0.15) is 0 Å². The van der Waals surface area contributed by atoms with Gasteiger partial charge in [0.05, 0.1) is 5.56 Å². The van der Waals surface area contributed by atoms with Gasteiger partial charge in [0.25, 0.3) is 0 Å². The molecule has 4 nitrogen and oxygen atoms in total. The molecule has 0 N–H and O–H groups in total. The lowest BCUT2D eigenvalue weighted by Gasteiger charge is -2.10. The molecule has 12 aromatic rings. The van der Waals surface area contributed by atoms with E-state index in [1.807, 2.05) is 41.7 Å². The van der Waals surface area contributed by atoms with E-state index in [1.165, 1.54) is 52.5 Å². The van der Waals surface area contributed by atoms with Crippen LogP contribution in [0.15, 0.2) is 180 Å². The fourth-order valence-corrected chi connectivity index (χ4v) is 9.63. The number of furan rings is 1. The molecule has 0 amide bonds. The average molecular weight is 732 g/mol. The van der Waals surface area contributed by atoms with Crippen LogP contribution < -0.4 is 0 Å². The normalized spacial score (nSPS) is 11.9. The lowest BCUT2D eigenvalue weighted by molar-refractivity contribution is 0.669. The molecule has 0 unspecified atom stereocenters. The van der Waals surface area contributed by atoms with Gasteiger partial charge in [-0.3, -0.25) is 0 Å². The van der Waals surface area contributed by atoms with Crippen molar-refractivity contribution in [3.8, 4) is 45.3 Å². The van der Waals surface area contributed by atoms with Crippen molar-refractivity contribution >= 4 is 85.8 Å². The van der Waals surface area contributed by atoms with Crippen LogP contribution in [0.3, 0.4) is 0 Å². The summed E-state index contributed by atoms with van der Waals surface area (Å²) in [7, 11) is 0. The number of rotatable bonds is 4. The Morgan fingerprint density at radius 3 is 1.64 bits per heavy atom. The zero-order valence-electron chi connectivity index (χ0n) is 29.9. The molecule has 0 spiro atoms. The first-order valence-corrected chi connectivity index (χ1v) is 19.6. The predicted molar refractivity (Wildman–Crippen MR) is 234 cm³/mol. The summed E-state index contributed by atoms with van der Waals surface area (Å²) >= 11 is 1.82. The van der Waals surface area contributed by atoms with Gasteiger partial charge >= 0.3 is 0 Å². The number of para-hydroxylation sites is 2. The van der Waals surface area contributed by atoms with Crippen molar-refractivity contribution in [2.45, 2.75) is 0 Å². The van der Waals surface area contributed by atoms with Crippen LogP contribution in [0.25, 0.3) is 120 Å². The van der Waals surface area contributed by atoms with Crippen LogP contribution in [0.4, 0.5) is 0 Å². The zero-order chi connectivity index (χ0) is 36.7. The van der Waals surface area contributed by atoms with Crippen molar-refractivity contribution in [3.05, 3.63) is 176 Å². The minimum absolute atomic E-state index is 0.571. The quantitative estimate of drug-likeness (QED) is 0.169. The van der Waals surface area contributed by atoms with Crippen molar-refractivity contribution in [2.75, 3.05) is 0 Å². The topological polar surface area (TPSA) is 51.8 Å². The van der Waals surface area contributed by atoms with Gasteiger partial charge in [0.1, 0.15) is 11.2 Å². The SMILES string of the molecule is c1ccc(-c2cccc(-c3nc(-c4ccc5c(c4)sc4cc6c7ccccc7c7ccccc7c6cc45)nc(-c4cccc5c4oc4ccccc45)n3)c2)cc1. The summed E-state index contributed by atoms with van der Waals surface area (Å²) in [6.45, 7) is 0. The molecule has 9 aromatic carbocycles. The van der Waals surface area contributed by atoms with E-state index < -0.39 is 0 Å². The monoisotopic (exact) mass is 731 g/mol. The highest BCUT2D eigenvalue weighted by molar-refractivity contribution is 7.26. The fraction of sp³-hybridized carbons (Fsp3) is 0. The molecule has 3 aromatic heterocycles. The predicted octanol–water partition coefficient (Wildman–Crippen LogP) is 14.3. The van der Waals surface area contributed by atoms with E-state index in [2.05, 4.69) is 146 Å². The minimum atomic E-state index is 0.571. The van der Waals surface area contributed by atoms with E-state index in [4.69, 9.17) is 19.4 Å². The number of thiophene rings is 1. The average Bonchev–Trinajstić information content (AvgIpc) is 3.84. The van der Waals surface area contributed by atoms with E-state index in [-0.39, 0.29) is 0 Å². The molecule has 12 rings (SSSR count). The van der Waals surface area contributed by atoms with E-state index in [0.717, 1.165) is 49.8 Å². The second-order valence-electron chi connectivity index (χ2n) is 14.3. The molecule has 0 atom stereocenters. The highest BCUT2D eigenvalue weighted by Crippen LogP contribution is 2.43. The second-order valence-corrected chi connectivity index (χ2v) is 15.4. The summed E-state index contributed by atoms with van der Waals surface area (Å²) in [6.07, 6.45) is 0. The molecular weight excluding hydrogens is 703 g/mol. The Morgan fingerprint density at radius 1 is 0.321 bits per heavy atom. The van der Waals surface area contributed by atoms with E-state index >= 15 is 0 Å². The van der Waals surface area contributed by atoms with E-state index in [9.17, 15) is 0 Å². The summed E-state index contributed by atoms with van der Waals surface area (Å²) in [5.74, 6) is 1.79. The van der Waals surface area contributed by atoms with Crippen LogP contribution in [0.1, 0.15) is 0 Å². The number of aromatic nitrogens is 3. The van der Waals surface area contributed by atoms with Crippen LogP contribution >= 0.6 is 11.3 Å². The highest BCUT2D eigenvalue weighted by atomic mass is 32.1. The smallest absolute Gasteiger partial charge is 0.167 e. The first kappa shape index (κ1) is 31.2. The lowest BCUT2D eigenvalue weighted by Crippen LogP contribution is -2.00. The largest absolute Gasteiger partial charge is 0.455 e. The highest BCUT2D eigenvalue weighted by Gasteiger charge is 2.19. The molecule has 5 heteroatoms. The molecule has 0 saturated carbocycles. The minimum Gasteiger partial charge on any atom is -0.455 e. The maximum atomic E-state index is 6.48. The Bertz CT molecular complexity index is 3550. The Hall–Kier alpha value is -7.21. The third kappa shape index (κ3) is 4.81. The zero-order valence-corrected chi connectivity index (χ0v) is 30.7. The van der Waals surface area contributed by atoms with Gasteiger partial charge in [-0.25, -0.2) is 15.0 Å². The number of hydrogen-bond donors (Lipinski definition) is 0. The summed E-state index contributed by atoms with van der Waals surface area (Å²) in [5.41, 5.74) is 6.53. The van der Waals surface area contributed by atoms with Crippen molar-refractivity contribution in [3.63, 3.8) is 0 Å². The van der Waals surface area contributed by atoms with Gasteiger partial charge in [-0.15, -0.1) is 11.3 Å². The molecule has 56 heavy (non-hydrogen) atoms. The van der Waals surface area contributed by atoms with E-state index in [0.29, 0.717) is 17.5 Å². The Kier molecular flexibility index (Phi) is 6.76. The molecule has 3 heterocycles. The molecule has 0 radical (unpaired) electrons. The maximum absolute atomic E-state index is 6.48. The molecule has 0 aliphatic heterocycles. The summed E-state index contributed by atoms with van der Waals surface area (Å²) in [4.78, 5) is 15.5. The molecule has 260 valence electrons. The Morgan fingerprint density at radius 2 is 0.875 bits per heavy atom. The Labute approximate surface area is 325 Å². The molecule has 0 aliphatic carbocycles. The third-order valence-electron chi connectivity index (χ3n) is 11.1. The maximum Gasteiger partial charge on any atom is 0.167 e. The van der Waals surface area contributed by atoms with Crippen molar-refractivity contribution in [1.29, 1.82) is 0 Å². The van der Waals surface area contributed by atoms with Crippen molar-refractivity contribution in [1.82, 2.24) is 15.0 Å². The van der Waals surface area contributed by atoms with Crippen LogP contribution in [0.5, 0.6) is 0 Å². The molecule has 0 bridgehead atoms. The molecule has 0 aliphatic rings. The van der Waals surface area contributed by atoms with Crippen LogP contribution in [0.2, 0.25) is 0 Å². The van der Waals surface area contributed by atoms with Crippen molar-refractivity contribution < 1.29 is 4.42 Å². The molecular formula is C51H29N3OS. The molecule has 0 saturated heterocycles. The lowest BCUT2D eigenvalue weighted by atomic mass is 9.93. The Balaban J connectivity index is 1.07. The van der Waals surface area contributed by atoms with Gasteiger partial charge in [0.15, 0.2) is 17.5 Å². The number of benzene rings is 9. The van der Waals surface area contributed by atoms with Gasteiger partial charge in [-0.05, 0) is 79.8 Å². The number of nitrogens with zero attached hydrogens (tertiary/aromatic N) is 3. The van der Waals surface area contributed by atoms with Crippen LogP contribution in [0, 0.1) is 0 Å². The number of fused-ring (bicyclic) bond motifs is 12. The fourth-order valence-electron chi connectivity index (χ4n) is 8.46. The second kappa shape index (κ2) is 12.2. The number of hydrogen-bond acceptors (Lipinski definition) is 5. The molecule has 0 fully saturated rings. The van der Waals surface area contributed by atoms with Crippen LogP contribution in [-0.2, 0) is 0 Å². The summed E-state index contributed by atoms with van der Waals surface area (Å²) < 4.78 is 8.94. The summed E-state index contributed by atoms with van der Waals surface area (Å²) in [5, 5.41) is 12.3. The standard InChI is InChI=1S/C51H29N3OS/c1-2-12-30(13-3-1)31-14-10-15-32(26-31)49-52-50(54-51(53-49)41-22-11-21-40-38-20-8-9-23-45(38)55-48(40)41)33-24-25-39-44-28-42-36-18-6-4-16-34(36)35-17-5-7-19-37(35)43(42)29-47(44)56-46(39)27-33/h1-29H. The first-order valence-electron chi connectivity index (χ1n) is 18.8. The van der Waals surface area contributed by atoms with Gasteiger partial charge in [-0.1, -0.05) is 140 Å². The van der Waals surface area contributed by atoms with Gasteiger partial charge in [0, 0.05) is 42.1 Å². The first-order chi connectivity index (χ1) is 27.7. The third-order valence-corrected chi connectivity index (χ3v) is 12.2. The van der Waals surface area contributed by atoms with Gasteiger partial charge < -0.3 is 4.42 Å². The summed E-state index contributed by atoms with van der Waals surface area (Å²) in [6, 6.07) is 62.1. The van der Waals surface area contributed by atoms with Crippen molar-refractivity contribution in [2.24, 2.45) is 0 Å². The van der Waals surface area contributed by atoms with Gasteiger partial charge in [0.2, 0.25) is 0 Å². The van der Waals surface area contributed by atoms with E-state index in [1.54, 1.807) is 0 Å².